The van der Waals surface area contributed by atoms with Gasteiger partial charge in [-0.2, -0.15) is 0 Å². The summed E-state index contributed by atoms with van der Waals surface area (Å²) in [5, 5.41) is 9.72. The second kappa shape index (κ2) is 59.4. The third kappa shape index (κ3) is 59.9. The Balaban J connectivity index is 4.01. The Hall–Kier alpha value is -1.71. The van der Waals surface area contributed by atoms with Crippen molar-refractivity contribution < 1.29 is 42.9 Å². The topological polar surface area (TPSA) is 108 Å². The van der Waals surface area contributed by atoms with Gasteiger partial charge in [0.15, 0.2) is 6.10 Å². The van der Waals surface area contributed by atoms with Crippen molar-refractivity contribution in [3.8, 4) is 0 Å². The van der Waals surface area contributed by atoms with Crippen molar-refractivity contribution in [2.45, 2.75) is 367 Å². The Kier molecular flexibility index (Phi) is 58.1. The summed E-state index contributed by atoms with van der Waals surface area (Å²) < 4.78 is 23.0. The lowest BCUT2D eigenvalue weighted by molar-refractivity contribution is -0.870. The summed E-state index contributed by atoms with van der Waals surface area (Å²) in [6.45, 7) is 4.96. The maximum atomic E-state index is 12.9. The van der Waals surface area contributed by atoms with Crippen LogP contribution in [-0.4, -0.2) is 87.4 Å². The van der Waals surface area contributed by atoms with E-state index >= 15 is 0 Å². The number of hydrogen-bond acceptors (Lipinski definition) is 7. The first-order valence-corrected chi connectivity index (χ1v) is 33.7. The average molecular weight is 1080 g/mol. The first kappa shape index (κ1) is 74.3. The Morgan fingerprint density at radius 3 is 0.842 bits per heavy atom. The summed E-state index contributed by atoms with van der Waals surface area (Å²) in [6, 6.07) is 0. The number of aliphatic carboxylic acids is 1. The van der Waals surface area contributed by atoms with Gasteiger partial charge in [-0.25, -0.2) is 4.79 Å². The van der Waals surface area contributed by atoms with Gasteiger partial charge in [-0.05, 0) is 12.8 Å². The predicted octanol–water partition coefficient (Wildman–Crippen LogP) is 20.3. The molecular formula is C67H132NO8+. The Labute approximate surface area is 473 Å². The molecule has 0 saturated heterocycles. The minimum Gasteiger partial charge on any atom is -0.477 e. The summed E-state index contributed by atoms with van der Waals surface area (Å²) in [5.41, 5.74) is 0. The highest BCUT2D eigenvalue weighted by Crippen LogP contribution is 2.19. The lowest BCUT2D eigenvalue weighted by Crippen LogP contribution is -2.40. The number of ether oxygens (including phenoxy) is 4. The van der Waals surface area contributed by atoms with E-state index < -0.39 is 18.4 Å². The minimum absolute atomic E-state index is 0.172. The van der Waals surface area contributed by atoms with Crippen LogP contribution < -0.4 is 0 Å². The largest absolute Gasteiger partial charge is 0.477 e. The average Bonchev–Trinajstić information content (AvgIpc) is 3.39. The molecule has 0 amide bonds. The molecule has 0 aromatic heterocycles. The van der Waals surface area contributed by atoms with Gasteiger partial charge in [0.2, 0.25) is 0 Å². The van der Waals surface area contributed by atoms with Crippen LogP contribution in [0.3, 0.4) is 0 Å². The highest BCUT2D eigenvalue weighted by atomic mass is 16.7. The number of nitrogens with zero attached hydrogens (tertiary/aromatic N) is 1. The summed E-state index contributed by atoms with van der Waals surface area (Å²) >= 11 is 0. The maximum Gasteiger partial charge on any atom is 0.361 e. The summed E-state index contributed by atoms with van der Waals surface area (Å²) in [7, 11) is 5.99. The van der Waals surface area contributed by atoms with Crippen LogP contribution in [0.2, 0.25) is 0 Å². The van der Waals surface area contributed by atoms with Crippen molar-refractivity contribution >= 4 is 17.9 Å². The quantitative estimate of drug-likeness (QED) is 0.0278. The van der Waals surface area contributed by atoms with Crippen molar-refractivity contribution in [2.24, 2.45) is 0 Å². The van der Waals surface area contributed by atoms with E-state index in [0.29, 0.717) is 17.4 Å². The zero-order valence-corrected chi connectivity index (χ0v) is 51.7. The van der Waals surface area contributed by atoms with E-state index in [2.05, 4.69) is 13.8 Å². The van der Waals surface area contributed by atoms with Gasteiger partial charge in [0, 0.05) is 12.8 Å². The van der Waals surface area contributed by atoms with Crippen LogP contribution in [0.4, 0.5) is 0 Å². The molecule has 0 spiro atoms. The van der Waals surface area contributed by atoms with Crippen LogP contribution in [0, 0.1) is 0 Å². The van der Waals surface area contributed by atoms with Gasteiger partial charge in [-0.3, -0.25) is 9.59 Å². The molecule has 0 aliphatic carbocycles. The highest BCUT2D eigenvalue weighted by Gasteiger charge is 2.25. The number of carbonyl (C=O) groups excluding carboxylic acids is 2. The molecule has 0 rings (SSSR count). The number of rotatable bonds is 64. The molecule has 0 fully saturated rings. The lowest BCUT2D eigenvalue weighted by atomic mass is 10.0. The molecule has 0 heterocycles. The number of carbonyl (C=O) groups is 3. The Morgan fingerprint density at radius 2 is 0.592 bits per heavy atom. The van der Waals surface area contributed by atoms with E-state index in [0.717, 1.165) is 38.5 Å². The Morgan fingerprint density at radius 1 is 0.342 bits per heavy atom. The van der Waals surface area contributed by atoms with Crippen LogP contribution in [0.1, 0.15) is 354 Å². The molecule has 9 nitrogen and oxygen atoms in total. The van der Waals surface area contributed by atoms with E-state index in [1.165, 1.54) is 289 Å². The standard InChI is InChI=1S/C67H131NO8/c1-6-8-10-12-14-16-18-20-22-24-26-27-28-29-30-31-32-33-34-35-36-37-38-39-40-42-44-46-48-50-52-54-56-58-65(70)76-63(62-75-67(66(71)72)73-60-59-68(3,4)5)61-74-64(69)57-55-53-51-49-47-45-43-41-25-23-21-19-17-15-13-11-9-7-2/h63,67H,6-62H2,1-5H3/p+1. The fourth-order valence-corrected chi connectivity index (χ4v) is 10.4. The molecule has 0 aliphatic rings. The predicted molar refractivity (Wildman–Crippen MR) is 323 cm³/mol. The second-order valence-corrected chi connectivity index (χ2v) is 24.5. The molecule has 1 N–H and O–H groups in total. The monoisotopic (exact) mass is 1080 g/mol. The van der Waals surface area contributed by atoms with Crippen molar-refractivity contribution in [1.82, 2.24) is 0 Å². The Bertz CT molecular complexity index is 1210. The second-order valence-electron chi connectivity index (χ2n) is 24.5. The molecule has 0 aliphatic heterocycles. The van der Waals surface area contributed by atoms with Crippen LogP contribution in [0.5, 0.6) is 0 Å². The molecule has 0 saturated carbocycles. The van der Waals surface area contributed by atoms with Crippen molar-refractivity contribution in [3.05, 3.63) is 0 Å². The van der Waals surface area contributed by atoms with Gasteiger partial charge in [-0.1, -0.05) is 328 Å². The summed E-state index contributed by atoms with van der Waals surface area (Å²) in [6.07, 6.45) is 66.5. The number of carboxylic acid groups (broad SMARTS) is 1. The summed E-state index contributed by atoms with van der Waals surface area (Å²) in [5.74, 6) is -1.97. The third-order valence-corrected chi connectivity index (χ3v) is 15.6. The molecule has 76 heavy (non-hydrogen) atoms. The lowest BCUT2D eigenvalue weighted by Gasteiger charge is -2.25. The zero-order valence-electron chi connectivity index (χ0n) is 51.7. The number of carboxylic acids is 1. The van der Waals surface area contributed by atoms with E-state index in [1.54, 1.807) is 0 Å². The molecule has 0 aromatic carbocycles. The molecule has 452 valence electrons. The molecule has 0 radical (unpaired) electrons. The van der Waals surface area contributed by atoms with E-state index in [4.69, 9.17) is 18.9 Å². The summed E-state index contributed by atoms with van der Waals surface area (Å²) in [4.78, 5) is 37.5. The van der Waals surface area contributed by atoms with Crippen LogP contribution in [0.25, 0.3) is 0 Å². The number of esters is 2. The van der Waals surface area contributed by atoms with Gasteiger partial charge in [-0.15, -0.1) is 0 Å². The number of hydrogen-bond donors (Lipinski definition) is 1. The van der Waals surface area contributed by atoms with Crippen LogP contribution in [0.15, 0.2) is 0 Å². The number of unbranched alkanes of at least 4 members (excludes halogenated alkanes) is 49. The fourth-order valence-electron chi connectivity index (χ4n) is 10.4. The molecule has 0 aromatic rings. The van der Waals surface area contributed by atoms with Gasteiger partial charge < -0.3 is 28.5 Å². The smallest absolute Gasteiger partial charge is 0.361 e. The van der Waals surface area contributed by atoms with Gasteiger partial charge in [0.1, 0.15) is 13.2 Å². The molecular weight excluding hydrogens is 947 g/mol. The minimum atomic E-state index is -1.50. The molecule has 2 atom stereocenters. The molecule has 2 unspecified atom stereocenters. The van der Waals surface area contributed by atoms with Gasteiger partial charge >= 0.3 is 17.9 Å². The van der Waals surface area contributed by atoms with Gasteiger partial charge in [0.05, 0.1) is 34.4 Å². The van der Waals surface area contributed by atoms with E-state index in [1.807, 2.05) is 21.1 Å². The van der Waals surface area contributed by atoms with Crippen molar-refractivity contribution in [2.75, 3.05) is 47.5 Å². The molecule has 0 bridgehead atoms. The van der Waals surface area contributed by atoms with Crippen LogP contribution >= 0.6 is 0 Å². The third-order valence-electron chi connectivity index (χ3n) is 15.6. The fraction of sp³-hybridized carbons (Fsp3) is 0.955. The van der Waals surface area contributed by atoms with E-state index in [9.17, 15) is 19.5 Å². The number of likely N-dealkylation sites (N-methyl/N-ethyl adjacent to an activating group) is 1. The number of quaternary nitrogens is 1. The first-order valence-electron chi connectivity index (χ1n) is 33.7. The van der Waals surface area contributed by atoms with Crippen LogP contribution in [-0.2, 0) is 33.3 Å². The molecule has 9 heteroatoms. The highest BCUT2D eigenvalue weighted by molar-refractivity contribution is 5.71. The van der Waals surface area contributed by atoms with Crippen molar-refractivity contribution in [1.29, 1.82) is 0 Å². The zero-order chi connectivity index (χ0) is 55.5. The van der Waals surface area contributed by atoms with E-state index in [-0.39, 0.29) is 38.2 Å². The normalized spacial score (nSPS) is 12.6. The first-order chi connectivity index (χ1) is 37.1. The van der Waals surface area contributed by atoms with Gasteiger partial charge in [0.25, 0.3) is 6.29 Å². The SMILES string of the molecule is CCCCCCCCCCCCCCCCCCCCCCCCCCCCCCCCCCCC(=O)OC(COC(=O)CCCCCCCCCCCCCCCCCCCC)COC(OCC[N+](C)(C)C)C(=O)O. The maximum absolute atomic E-state index is 12.9. The van der Waals surface area contributed by atoms with Crippen molar-refractivity contribution in [3.63, 3.8) is 0 Å².